The Morgan fingerprint density at radius 1 is 1.64 bits per heavy atom. The Labute approximate surface area is 69.1 Å². The van der Waals surface area contributed by atoms with E-state index in [0.717, 1.165) is 25.7 Å². The van der Waals surface area contributed by atoms with Crippen molar-refractivity contribution in [3.8, 4) is 0 Å². The van der Waals surface area contributed by atoms with Crippen LogP contribution in [-0.2, 0) is 0 Å². The summed E-state index contributed by atoms with van der Waals surface area (Å²) >= 11 is 0. The summed E-state index contributed by atoms with van der Waals surface area (Å²) in [7, 11) is 0. The molecule has 0 fully saturated rings. The van der Waals surface area contributed by atoms with Crippen molar-refractivity contribution < 1.29 is 5.11 Å². The molecule has 0 amide bonds. The van der Waals surface area contributed by atoms with Crippen molar-refractivity contribution in [2.75, 3.05) is 0 Å². The van der Waals surface area contributed by atoms with Crippen LogP contribution in [0.5, 0.6) is 0 Å². The van der Waals surface area contributed by atoms with Gasteiger partial charge in [0.2, 0.25) is 0 Å². The number of allylic oxidation sites excluding steroid dienone is 1. The second kappa shape index (κ2) is 3.40. The van der Waals surface area contributed by atoms with Crippen LogP contribution in [0.4, 0.5) is 0 Å². The Hall–Kier alpha value is -0.300. The fourth-order valence-electron chi connectivity index (χ4n) is 1.64. The highest BCUT2D eigenvalue weighted by molar-refractivity contribution is 5.06. The highest BCUT2D eigenvalue weighted by Gasteiger charge is 2.30. The van der Waals surface area contributed by atoms with Crippen molar-refractivity contribution in [3.05, 3.63) is 12.2 Å². The highest BCUT2D eigenvalue weighted by Crippen LogP contribution is 2.30. The Morgan fingerprint density at radius 2 is 2.36 bits per heavy atom. The zero-order valence-electron chi connectivity index (χ0n) is 7.51. The summed E-state index contributed by atoms with van der Waals surface area (Å²) in [6.45, 7) is 4.25. The predicted octanol–water partition coefficient (Wildman–Crippen LogP) is 2.50. The standard InChI is InChI=1S/C10H18O/c1-3-9(2)10(11)7-5-4-6-8-10/h5,7,9,11H,3-4,6,8H2,1-2H3. The van der Waals surface area contributed by atoms with E-state index < -0.39 is 5.60 Å². The van der Waals surface area contributed by atoms with Gasteiger partial charge in [-0.25, -0.2) is 0 Å². The van der Waals surface area contributed by atoms with Crippen molar-refractivity contribution in [1.82, 2.24) is 0 Å². The molecule has 1 N–H and O–H groups in total. The van der Waals surface area contributed by atoms with Crippen LogP contribution < -0.4 is 0 Å². The third kappa shape index (κ3) is 1.84. The van der Waals surface area contributed by atoms with E-state index in [9.17, 15) is 5.11 Å². The molecule has 0 aromatic carbocycles. The Bertz CT molecular complexity index is 151. The van der Waals surface area contributed by atoms with Gasteiger partial charge in [-0.15, -0.1) is 0 Å². The van der Waals surface area contributed by atoms with Crippen LogP contribution in [0, 0.1) is 5.92 Å². The monoisotopic (exact) mass is 154 g/mol. The average molecular weight is 154 g/mol. The fourth-order valence-corrected chi connectivity index (χ4v) is 1.64. The zero-order valence-corrected chi connectivity index (χ0v) is 7.51. The molecule has 1 heteroatoms. The van der Waals surface area contributed by atoms with Gasteiger partial charge in [-0.1, -0.05) is 32.4 Å². The first-order valence-electron chi connectivity index (χ1n) is 4.59. The number of hydrogen-bond donors (Lipinski definition) is 1. The van der Waals surface area contributed by atoms with Crippen molar-refractivity contribution in [2.24, 2.45) is 5.92 Å². The molecule has 1 nitrogen and oxygen atoms in total. The van der Waals surface area contributed by atoms with Crippen LogP contribution in [0.3, 0.4) is 0 Å². The molecule has 2 atom stereocenters. The molecular weight excluding hydrogens is 136 g/mol. The molecule has 0 radical (unpaired) electrons. The minimum Gasteiger partial charge on any atom is -0.386 e. The average Bonchev–Trinajstić information content (AvgIpc) is 2.04. The van der Waals surface area contributed by atoms with Crippen molar-refractivity contribution in [2.45, 2.75) is 45.1 Å². The molecule has 0 aromatic heterocycles. The molecule has 0 saturated carbocycles. The van der Waals surface area contributed by atoms with E-state index in [0.29, 0.717) is 5.92 Å². The number of rotatable bonds is 2. The molecule has 0 heterocycles. The van der Waals surface area contributed by atoms with Gasteiger partial charge in [0.25, 0.3) is 0 Å². The van der Waals surface area contributed by atoms with Gasteiger partial charge in [-0.05, 0) is 25.2 Å². The number of aliphatic hydroxyl groups is 1. The lowest BCUT2D eigenvalue weighted by Crippen LogP contribution is -2.35. The molecule has 1 rings (SSSR count). The summed E-state index contributed by atoms with van der Waals surface area (Å²) in [5.41, 5.74) is -0.493. The van der Waals surface area contributed by atoms with Crippen LogP contribution in [0.1, 0.15) is 39.5 Å². The fraction of sp³-hybridized carbons (Fsp3) is 0.800. The molecule has 0 aliphatic heterocycles. The lowest BCUT2D eigenvalue weighted by atomic mass is 9.80. The van der Waals surface area contributed by atoms with Gasteiger partial charge in [-0.3, -0.25) is 0 Å². The largest absolute Gasteiger partial charge is 0.386 e. The molecule has 2 unspecified atom stereocenters. The molecule has 11 heavy (non-hydrogen) atoms. The SMILES string of the molecule is CCC(C)C1(O)C=CCCC1. The maximum Gasteiger partial charge on any atom is 0.0853 e. The van der Waals surface area contributed by atoms with Crippen LogP contribution in [0.2, 0.25) is 0 Å². The molecule has 1 aliphatic rings. The van der Waals surface area contributed by atoms with E-state index in [-0.39, 0.29) is 0 Å². The van der Waals surface area contributed by atoms with E-state index in [1.54, 1.807) is 0 Å². The van der Waals surface area contributed by atoms with Gasteiger partial charge in [0, 0.05) is 0 Å². The lowest BCUT2D eigenvalue weighted by Gasteiger charge is -2.33. The zero-order chi connectivity index (χ0) is 8.32. The molecule has 0 aromatic rings. The summed E-state index contributed by atoms with van der Waals surface area (Å²) < 4.78 is 0. The maximum absolute atomic E-state index is 10.1. The van der Waals surface area contributed by atoms with Gasteiger partial charge in [0.1, 0.15) is 0 Å². The van der Waals surface area contributed by atoms with E-state index in [1.165, 1.54) is 0 Å². The molecular formula is C10H18O. The van der Waals surface area contributed by atoms with Crippen LogP contribution in [-0.4, -0.2) is 10.7 Å². The Kier molecular flexibility index (Phi) is 2.72. The first-order valence-corrected chi connectivity index (χ1v) is 4.59. The normalized spacial score (nSPS) is 33.7. The third-order valence-electron chi connectivity index (χ3n) is 2.82. The van der Waals surface area contributed by atoms with Gasteiger partial charge in [0.05, 0.1) is 5.60 Å². The van der Waals surface area contributed by atoms with Crippen LogP contribution in [0.15, 0.2) is 12.2 Å². The van der Waals surface area contributed by atoms with Crippen molar-refractivity contribution in [1.29, 1.82) is 0 Å². The first-order chi connectivity index (χ1) is 5.19. The van der Waals surface area contributed by atoms with Crippen molar-refractivity contribution >= 4 is 0 Å². The predicted molar refractivity (Wildman–Crippen MR) is 47.4 cm³/mol. The van der Waals surface area contributed by atoms with Crippen LogP contribution in [0.25, 0.3) is 0 Å². The molecule has 0 spiro atoms. The topological polar surface area (TPSA) is 20.2 Å². The highest BCUT2D eigenvalue weighted by atomic mass is 16.3. The molecule has 0 bridgehead atoms. The van der Waals surface area contributed by atoms with Gasteiger partial charge in [-0.2, -0.15) is 0 Å². The van der Waals surface area contributed by atoms with E-state index in [1.807, 2.05) is 6.08 Å². The van der Waals surface area contributed by atoms with E-state index in [2.05, 4.69) is 19.9 Å². The molecule has 1 aliphatic carbocycles. The van der Waals surface area contributed by atoms with E-state index >= 15 is 0 Å². The van der Waals surface area contributed by atoms with E-state index in [4.69, 9.17) is 0 Å². The lowest BCUT2D eigenvalue weighted by molar-refractivity contribution is 0.0201. The second-order valence-electron chi connectivity index (χ2n) is 3.60. The third-order valence-corrected chi connectivity index (χ3v) is 2.82. The molecule has 64 valence electrons. The minimum absolute atomic E-state index is 0.402. The van der Waals surface area contributed by atoms with Crippen molar-refractivity contribution in [3.63, 3.8) is 0 Å². The van der Waals surface area contributed by atoms with Gasteiger partial charge in [0.15, 0.2) is 0 Å². The Balaban J connectivity index is 2.63. The number of hydrogen-bond acceptors (Lipinski definition) is 1. The van der Waals surface area contributed by atoms with Gasteiger partial charge >= 0.3 is 0 Å². The minimum atomic E-state index is -0.493. The quantitative estimate of drug-likeness (QED) is 0.606. The first kappa shape index (κ1) is 8.79. The van der Waals surface area contributed by atoms with Gasteiger partial charge < -0.3 is 5.11 Å². The maximum atomic E-state index is 10.1. The summed E-state index contributed by atoms with van der Waals surface area (Å²) in [6, 6.07) is 0. The van der Waals surface area contributed by atoms with Crippen LogP contribution >= 0.6 is 0 Å². The summed E-state index contributed by atoms with van der Waals surface area (Å²) in [4.78, 5) is 0. The second-order valence-corrected chi connectivity index (χ2v) is 3.60. The smallest absolute Gasteiger partial charge is 0.0853 e. The molecule has 0 saturated heterocycles. The Morgan fingerprint density at radius 3 is 2.82 bits per heavy atom. The summed E-state index contributed by atoms with van der Waals surface area (Å²) in [5.74, 6) is 0.402. The summed E-state index contributed by atoms with van der Waals surface area (Å²) in [5, 5.41) is 10.1. The summed E-state index contributed by atoms with van der Waals surface area (Å²) in [6.07, 6.45) is 8.37.